The van der Waals surface area contributed by atoms with Gasteiger partial charge in [-0.2, -0.15) is 5.26 Å². The van der Waals surface area contributed by atoms with E-state index in [-0.39, 0.29) is 11.2 Å². The number of para-hydroxylation sites is 1. The van der Waals surface area contributed by atoms with E-state index in [0.717, 1.165) is 48.7 Å². The molecular weight excluding hydrogens is 534 g/mol. The molecular formula is C37H29N3OS. The Labute approximate surface area is 249 Å². The van der Waals surface area contributed by atoms with Crippen molar-refractivity contribution in [2.24, 2.45) is 4.99 Å². The van der Waals surface area contributed by atoms with Gasteiger partial charge in [0, 0.05) is 22.9 Å². The van der Waals surface area contributed by atoms with Crippen LogP contribution < -0.4 is 0 Å². The molecule has 5 heteroatoms. The van der Waals surface area contributed by atoms with E-state index in [1.54, 1.807) is 35.8 Å². The number of aromatic hydroxyl groups is 1. The summed E-state index contributed by atoms with van der Waals surface area (Å²) in [6, 6.07) is 37.9. The number of hydrogen-bond acceptors (Lipinski definition) is 5. The van der Waals surface area contributed by atoms with Crippen molar-refractivity contribution in [1.29, 1.82) is 5.26 Å². The van der Waals surface area contributed by atoms with Gasteiger partial charge in [0.25, 0.3) is 0 Å². The first-order valence-corrected chi connectivity index (χ1v) is 14.6. The second-order valence-electron chi connectivity index (χ2n) is 11.2. The maximum atomic E-state index is 10.6. The molecule has 0 aliphatic carbocycles. The highest BCUT2D eigenvalue weighted by Gasteiger charge is 2.20. The van der Waals surface area contributed by atoms with Crippen molar-refractivity contribution in [3.05, 3.63) is 126 Å². The lowest BCUT2D eigenvalue weighted by atomic mass is 9.85. The van der Waals surface area contributed by atoms with E-state index in [9.17, 15) is 5.11 Å². The molecule has 204 valence electrons. The lowest BCUT2D eigenvalue weighted by Crippen LogP contribution is -2.10. The number of phenols is 1. The fourth-order valence-corrected chi connectivity index (χ4v) is 5.96. The van der Waals surface area contributed by atoms with Crippen LogP contribution in [0, 0.1) is 11.3 Å². The number of nitriles is 1. The first-order chi connectivity index (χ1) is 20.3. The van der Waals surface area contributed by atoms with Gasteiger partial charge in [-0.05, 0) is 76.2 Å². The molecule has 0 saturated carbocycles. The summed E-state index contributed by atoms with van der Waals surface area (Å²) in [5.74, 6) is 0.149. The molecule has 0 saturated heterocycles. The number of aliphatic imine (C=N–C) groups is 1. The number of thiazole rings is 1. The predicted octanol–water partition coefficient (Wildman–Crippen LogP) is 9.92. The molecule has 4 nitrogen and oxygen atoms in total. The molecule has 42 heavy (non-hydrogen) atoms. The second kappa shape index (κ2) is 11.1. The maximum Gasteiger partial charge on any atom is 0.126 e. The summed E-state index contributed by atoms with van der Waals surface area (Å²) in [6.45, 7) is 6.71. The van der Waals surface area contributed by atoms with Gasteiger partial charge >= 0.3 is 0 Å². The van der Waals surface area contributed by atoms with Crippen molar-refractivity contribution in [2.45, 2.75) is 26.2 Å². The van der Waals surface area contributed by atoms with Gasteiger partial charge in [-0.25, -0.2) is 4.98 Å². The van der Waals surface area contributed by atoms with E-state index in [1.165, 1.54) is 5.56 Å². The average Bonchev–Trinajstić information content (AvgIpc) is 3.45. The van der Waals surface area contributed by atoms with Crippen LogP contribution >= 0.6 is 11.3 Å². The Bertz CT molecular complexity index is 1980. The Kier molecular flexibility index (Phi) is 7.16. The number of fused-ring (bicyclic) bond motifs is 1. The van der Waals surface area contributed by atoms with Gasteiger partial charge in [-0.15, -0.1) is 11.3 Å². The van der Waals surface area contributed by atoms with Crippen molar-refractivity contribution < 1.29 is 5.11 Å². The molecule has 1 heterocycles. The molecule has 0 bridgehead atoms. The summed E-state index contributed by atoms with van der Waals surface area (Å²) in [5, 5.41) is 20.6. The molecule has 6 rings (SSSR count). The zero-order valence-corrected chi connectivity index (χ0v) is 24.5. The molecule has 1 N–H and O–H groups in total. The summed E-state index contributed by atoms with van der Waals surface area (Å²) >= 11 is 1.67. The van der Waals surface area contributed by atoms with Crippen molar-refractivity contribution in [3.63, 3.8) is 0 Å². The Morgan fingerprint density at radius 2 is 1.50 bits per heavy atom. The van der Waals surface area contributed by atoms with E-state index < -0.39 is 0 Å². The second-order valence-corrected chi connectivity index (χ2v) is 12.3. The number of aromatic nitrogens is 1. The van der Waals surface area contributed by atoms with Crippen molar-refractivity contribution in [3.8, 4) is 44.6 Å². The predicted molar refractivity (Wildman–Crippen MR) is 175 cm³/mol. The lowest BCUT2D eigenvalue weighted by molar-refractivity contribution is 0.474. The van der Waals surface area contributed by atoms with Crippen LogP contribution in [0.1, 0.15) is 37.5 Å². The molecule has 0 radical (unpaired) electrons. The van der Waals surface area contributed by atoms with Gasteiger partial charge in [0.15, 0.2) is 0 Å². The normalized spacial score (nSPS) is 11.7. The quantitative estimate of drug-likeness (QED) is 0.212. The first kappa shape index (κ1) is 27.1. The minimum atomic E-state index is -0.00161. The fourth-order valence-electron chi connectivity index (χ4n) is 4.90. The van der Waals surface area contributed by atoms with Crippen molar-refractivity contribution >= 4 is 33.5 Å². The zero-order valence-electron chi connectivity index (χ0n) is 23.7. The average molecular weight is 564 g/mol. The number of phenolic OH excluding ortho intramolecular Hbond substituents is 1. The van der Waals surface area contributed by atoms with Crippen LogP contribution in [0.3, 0.4) is 0 Å². The summed E-state index contributed by atoms with van der Waals surface area (Å²) in [6.07, 6.45) is 1.70. The van der Waals surface area contributed by atoms with Crippen LogP contribution in [0.15, 0.2) is 114 Å². The van der Waals surface area contributed by atoms with Crippen LogP contribution in [0.2, 0.25) is 0 Å². The third-order valence-corrected chi connectivity index (χ3v) is 8.33. The molecule has 0 fully saturated rings. The van der Waals surface area contributed by atoms with Crippen LogP contribution in [-0.4, -0.2) is 16.3 Å². The van der Waals surface area contributed by atoms with Crippen molar-refractivity contribution in [1.82, 2.24) is 4.98 Å². The first-order valence-electron chi connectivity index (χ1n) is 13.8. The van der Waals surface area contributed by atoms with E-state index >= 15 is 0 Å². The summed E-state index contributed by atoms with van der Waals surface area (Å²) < 4.78 is 1.14. The zero-order chi connectivity index (χ0) is 29.3. The Hall–Kier alpha value is -5.05. The molecule has 0 spiro atoms. The topological polar surface area (TPSA) is 69.3 Å². The Morgan fingerprint density at radius 3 is 2.24 bits per heavy atom. The monoisotopic (exact) mass is 563 g/mol. The van der Waals surface area contributed by atoms with Gasteiger partial charge in [0.2, 0.25) is 0 Å². The largest absolute Gasteiger partial charge is 0.507 e. The SMILES string of the molecule is CC(C)(C)c1cc(-c2ccccc2)c2nc(-c3ccccc3N=Cc3cc(-c4ccc(C#N)cc4)ccc3O)sc2c1. The minimum absolute atomic E-state index is 0.00161. The number of hydrogen-bond donors (Lipinski definition) is 1. The lowest BCUT2D eigenvalue weighted by Gasteiger charge is -2.20. The number of rotatable bonds is 5. The van der Waals surface area contributed by atoms with Crippen LogP contribution in [0.25, 0.3) is 43.0 Å². The Morgan fingerprint density at radius 1 is 0.786 bits per heavy atom. The van der Waals surface area contributed by atoms with E-state index in [0.29, 0.717) is 11.1 Å². The van der Waals surface area contributed by atoms with Gasteiger partial charge in [0.1, 0.15) is 10.8 Å². The van der Waals surface area contributed by atoms with Crippen LogP contribution in [0.5, 0.6) is 5.75 Å². The fraction of sp³-hybridized carbons (Fsp3) is 0.108. The van der Waals surface area contributed by atoms with Gasteiger partial charge in [-0.1, -0.05) is 81.4 Å². The molecule has 0 aliphatic heterocycles. The number of nitrogens with zero attached hydrogens (tertiary/aromatic N) is 3. The molecule has 5 aromatic carbocycles. The van der Waals surface area contributed by atoms with E-state index in [2.05, 4.69) is 63.2 Å². The summed E-state index contributed by atoms with van der Waals surface area (Å²) in [7, 11) is 0. The standard InChI is InChI=1S/C37H29N3OS/c1-37(2,3)29-20-31(26-9-5-4-6-10-26)35-34(21-29)42-36(40-35)30-11-7-8-12-32(30)39-23-28-19-27(17-18-33(28)41)25-15-13-24(22-38)14-16-25/h4-21,23,41H,1-3H3. The van der Waals surface area contributed by atoms with Gasteiger partial charge in [-0.3, -0.25) is 4.99 Å². The van der Waals surface area contributed by atoms with E-state index in [4.69, 9.17) is 15.2 Å². The summed E-state index contributed by atoms with van der Waals surface area (Å²) in [4.78, 5) is 9.98. The third-order valence-electron chi connectivity index (χ3n) is 7.30. The highest BCUT2D eigenvalue weighted by molar-refractivity contribution is 7.21. The highest BCUT2D eigenvalue weighted by atomic mass is 32.1. The van der Waals surface area contributed by atoms with Crippen LogP contribution in [0.4, 0.5) is 5.69 Å². The van der Waals surface area contributed by atoms with E-state index in [1.807, 2.05) is 54.6 Å². The molecule has 0 aliphatic rings. The molecule has 1 aromatic heterocycles. The maximum absolute atomic E-state index is 10.6. The van der Waals surface area contributed by atoms with Gasteiger partial charge in [0.05, 0.1) is 27.5 Å². The molecule has 0 atom stereocenters. The third kappa shape index (κ3) is 5.45. The molecule has 0 unspecified atom stereocenters. The molecule has 6 aromatic rings. The molecule has 0 amide bonds. The smallest absolute Gasteiger partial charge is 0.126 e. The number of benzene rings is 5. The van der Waals surface area contributed by atoms with Crippen molar-refractivity contribution in [2.75, 3.05) is 0 Å². The minimum Gasteiger partial charge on any atom is -0.507 e. The Balaban J connectivity index is 1.41. The van der Waals surface area contributed by atoms with Gasteiger partial charge < -0.3 is 5.11 Å². The van der Waals surface area contributed by atoms with Crippen LogP contribution in [-0.2, 0) is 5.41 Å². The highest BCUT2D eigenvalue weighted by Crippen LogP contribution is 2.41. The summed E-state index contributed by atoms with van der Waals surface area (Å²) in [5.41, 5.74) is 9.36.